The zero-order chi connectivity index (χ0) is 15.1. The summed E-state index contributed by atoms with van der Waals surface area (Å²) in [4.78, 5) is 24.3. The number of aliphatic carboxylic acids is 1. The highest BCUT2D eigenvalue weighted by atomic mass is 19.1. The van der Waals surface area contributed by atoms with Gasteiger partial charge in [0, 0.05) is 12.1 Å². The van der Waals surface area contributed by atoms with Gasteiger partial charge >= 0.3 is 5.97 Å². The van der Waals surface area contributed by atoms with Gasteiger partial charge in [0.05, 0.1) is 5.69 Å². The van der Waals surface area contributed by atoms with Crippen LogP contribution in [0.5, 0.6) is 0 Å². The zero-order valence-corrected chi connectivity index (χ0v) is 11.5. The van der Waals surface area contributed by atoms with E-state index in [2.05, 4.69) is 0 Å². The molecule has 2 fully saturated rings. The van der Waals surface area contributed by atoms with E-state index in [0.29, 0.717) is 12.5 Å². The number of hydrogen-bond acceptors (Lipinski definition) is 3. The number of hydrogen-bond donors (Lipinski definition) is 2. The molecule has 2 aliphatic rings. The molecule has 1 aromatic carbocycles. The van der Waals surface area contributed by atoms with Crippen LogP contribution in [0.1, 0.15) is 29.6 Å². The number of carboxylic acid groups (broad SMARTS) is 1. The number of halogens is 1. The molecule has 21 heavy (non-hydrogen) atoms. The number of carbonyl (C=O) groups excluding carboxylic acids is 1. The van der Waals surface area contributed by atoms with Crippen molar-refractivity contribution >= 4 is 17.6 Å². The third kappa shape index (κ3) is 2.24. The summed E-state index contributed by atoms with van der Waals surface area (Å²) in [5, 5.41) is 9.49. The fraction of sp³-hybridized carbons (Fsp3) is 0.467. The van der Waals surface area contributed by atoms with E-state index in [9.17, 15) is 19.1 Å². The predicted molar refractivity (Wildman–Crippen MR) is 74.5 cm³/mol. The zero-order valence-electron chi connectivity index (χ0n) is 11.5. The van der Waals surface area contributed by atoms with Crippen LogP contribution in [0.3, 0.4) is 0 Å². The molecule has 0 spiro atoms. The van der Waals surface area contributed by atoms with Gasteiger partial charge in [-0.15, -0.1) is 0 Å². The van der Waals surface area contributed by atoms with Crippen LogP contribution in [0, 0.1) is 17.7 Å². The minimum Gasteiger partial charge on any atom is -0.480 e. The maximum Gasteiger partial charge on any atom is 0.326 e. The van der Waals surface area contributed by atoms with Gasteiger partial charge in [0.15, 0.2) is 0 Å². The lowest BCUT2D eigenvalue weighted by molar-refractivity contribution is -0.139. The Bertz CT molecular complexity index is 605. The number of rotatable bonds is 3. The van der Waals surface area contributed by atoms with E-state index in [4.69, 9.17) is 5.73 Å². The second kappa shape index (κ2) is 5.02. The summed E-state index contributed by atoms with van der Waals surface area (Å²) in [6.45, 7) is 0.550. The normalized spacial score (nSPS) is 27.7. The van der Waals surface area contributed by atoms with Crippen LogP contribution in [-0.2, 0) is 4.79 Å². The van der Waals surface area contributed by atoms with Gasteiger partial charge in [-0.25, -0.2) is 9.18 Å². The van der Waals surface area contributed by atoms with Crippen LogP contribution in [-0.4, -0.2) is 29.6 Å². The summed E-state index contributed by atoms with van der Waals surface area (Å²) < 4.78 is 14.2. The van der Waals surface area contributed by atoms with Gasteiger partial charge in [0.2, 0.25) is 5.91 Å². The van der Waals surface area contributed by atoms with E-state index in [1.165, 1.54) is 12.1 Å². The van der Waals surface area contributed by atoms with E-state index >= 15 is 0 Å². The Hall–Kier alpha value is -2.11. The minimum absolute atomic E-state index is 0.0812. The number of anilines is 1. The fourth-order valence-corrected chi connectivity index (χ4v) is 3.76. The van der Waals surface area contributed by atoms with Gasteiger partial charge in [-0.2, -0.15) is 0 Å². The van der Waals surface area contributed by atoms with Crippen molar-refractivity contribution in [2.45, 2.75) is 25.3 Å². The number of amides is 1. The Labute approximate surface area is 121 Å². The third-order valence-corrected chi connectivity index (χ3v) is 4.69. The first-order valence-corrected chi connectivity index (χ1v) is 7.08. The van der Waals surface area contributed by atoms with Crippen molar-refractivity contribution in [3.05, 3.63) is 29.6 Å². The van der Waals surface area contributed by atoms with Crippen LogP contribution >= 0.6 is 0 Å². The summed E-state index contributed by atoms with van der Waals surface area (Å²) in [6.07, 6.45) is 2.90. The average molecular weight is 292 g/mol. The summed E-state index contributed by atoms with van der Waals surface area (Å²) >= 11 is 0. The SMILES string of the molecule is NC(=O)c1ccc(N2CC3CCCC3C2C(=O)O)c(F)c1. The molecule has 112 valence electrons. The number of benzene rings is 1. The van der Waals surface area contributed by atoms with E-state index in [1.54, 1.807) is 4.90 Å². The van der Waals surface area contributed by atoms with Gasteiger partial charge in [-0.05, 0) is 42.9 Å². The lowest BCUT2D eigenvalue weighted by Gasteiger charge is -2.26. The fourth-order valence-electron chi connectivity index (χ4n) is 3.76. The highest BCUT2D eigenvalue weighted by Gasteiger charge is 2.48. The Morgan fingerprint density at radius 1 is 1.33 bits per heavy atom. The topological polar surface area (TPSA) is 83.6 Å². The second-order valence-corrected chi connectivity index (χ2v) is 5.82. The first-order valence-electron chi connectivity index (χ1n) is 7.08. The van der Waals surface area contributed by atoms with Gasteiger partial charge in [0.1, 0.15) is 11.9 Å². The molecule has 0 radical (unpaired) electrons. The molecule has 1 aromatic rings. The van der Waals surface area contributed by atoms with Crippen molar-refractivity contribution in [3.63, 3.8) is 0 Å². The predicted octanol–water partition coefficient (Wildman–Crippen LogP) is 1.61. The molecule has 0 aromatic heterocycles. The largest absolute Gasteiger partial charge is 0.480 e. The first kappa shape index (κ1) is 13.9. The highest BCUT2D eigenvalue weighted by Crippen LogP contribution is 2.44. The molecule has 1 aliphatic heterocycles. The summed E-state index contributed by atoms with van der Waals surface area (Å²) in [7, 11) is 0. The Balaban J connectivity index is 1.96. The van der Waals surface area contributed by atoms with Crippen LogP contribution in [0.2, 0.25) is 0 Å². The Kier molecular flexibility index (Phi) is 3.31. The smallest absolute Gasteiger partial charge is 0.326 e. The molecule has 1 aliphatic carbocycles. The summed E-state index contributed by atoms with van der Waals surface area (Å²) in [5.41, 5.74) is 5.45. The molecule has 3 atom stereocenters. The number of nitrogens with zero attached hydrogens (tertiary/aromatic N) is 1. The molecule has 1 amide bonds. The summed E-state index contributed by atoms with van der Waals surface area (Å²) in [6, 6.07) is 3.27. The molecule has 1 saturated carbocycles. The second-order valence-electron chi connectivity index (χ2n) is 5.82. The standard InChI is InChI=1S/C15H17FN2O3/c16-11-6-8(14(17)19)4-5-12(11)18-7-9-2-1-3-10(9)13(18)15(20)21/h4-6,9-10,13H,1-3,7H2,(H2,17,19)(H,20,21). The number of nitrogens with two attached hydrogens (primary N) is 1. The summed E-state index contributed by atoms with van der Waals surface area (Å²) in [5.74, 6) is -1.83. The molecule has 6 heteroatoms. The Morgan fingerprint density at radius 3 is 2.71 bits per heavy atom. The monoisotopic (exact) mass is 292 g/mol. The van der Waals surface area contributed by atoms with E-state index < -0.39 is 23.7 Å². The lowest BCUT2D eigenvalue weighted by Crippen LogP contribution is -2.40. The van der Waals surface area contributed by atoms with Crippen molar-refractivity contribution in [2.24, 2.45) is 17.6 Å². The van der Waals surface area contributed by atoms with Crippen LogP contribution in [0.25, 0.3) is 0 Å². The molecule has 5 nitrogen and oxygen atoms in total. The van der Waals surface area contributed by atoms with Crippen molar-refractivity contribution in [3.8, 4) is 0 Å². The lowest BCUT2D eigenvalue weighted by atomic mass is 9.94. The molecule has 1 heterocycles. The maximum absolute atomic E-state index is 14.2. The van der Waals surface area contributed by atoms with Gasteiger partial charge in [-0.1, -0.05) is 6.42 Å². The van der Waals surface area contributed by atoms with E-state index in [1.807, 2.05) is 0 Å². The molecular weight excluding hydrogens is 275 g/mol. The number of primary amides is 1. The van der Waals surface area contributed by atoms with Crippen LogP contribution in [0.15, 0.2) is 18.2 Å². The first-order chi connectivity index (χ1) is 9.99. The maximum atomic E-state index is 14.2. The third-order valence-electron chi connectivity index (χ3n) is 4.69. The van der Waals surface area contributed by atoms with Crippen molar-refractivity contribution in [2.75, 3.05) is 11.4 Å². The molecule has 3 N–H and O–H groups in total. The van der Waals surface area contributed by atoms with Crippen molar-refractivity contribution in [1.82, 2.24) is 0 Å². The molecule has 1 saturated heterocycles. The van der Waals surface area contributed by atoms with Crippen molar-refractivity contribution in [1.29, 1.82) is 0 Å². The molecule has 0 bridgehead atoms. The molecular formula is C15H17FN2O3. The van der Waals surface area contributed by atoms with Gasteiger partial charge < -0.3 is 15.7 Å². The van der Waals surface area contributed by atoms with Crippen LogP contribution in [0.4, 0.5) is 10.1 Å². The van der Waals surface area contributed by atoms with Gasteiger partial charge in [-0.3, -0.25) is 4.79 Å². The quantitative estimate of drug-likeness (QED) is 0.886. The minimum atomic E-state index is -0.914. The van der Waals surface area contributed by atoms with Gasteiger partial charge in [0.25, 0.3) is 0 Å². The van der Waals surface area contributed by atoms with E-state index in [-0.39, 0.29) is 17.2 Å². The van der Waals surface area contributed by atoms with Crippen LogP contribution < -0.4 is 10.6 Å². The number of carboxylic acids is 1. The average Bonchev–Trinajstić information content (AvgIpc) is 2.97. The highest BCUT2D eigenvalue weighted by molar-refractivity contribution is 5.93. The Morgan fingerprint density at radius 2 is 2.10 bits per heavy atom. The molecule has 3 rings (SSSR count). The molecule has 3 unspecified atom stereocenters. The number of carbonyl (C=O) groups is 2. The van der Waals surface area contributed by atoms with E-state index in [0.717, 1.165) is 25.3 Å². The number of fused-ring (bicyclic) bond motifs is 1. The van der Waals surface area contributed by atoms with Crippen molar-refractivity contribution < 1.29 is 19.1 Å².